The van der Waals surface area contributed by atoms with Gasteiger partial charge >= 0.3 is 5.97 Å². The van der Waals surface area contributed by atoms with Gasteiger partial charge in [0.05, 0.1) is 6.42 Å². The molecule has 4 heteroatoms. The molecule has 1 N–H and O–H groups in total. The van der Waals surface area contributed by atoms with Crippen molar-refractivity contribution >= 4 is 17.6 Å². The first-order valence-corrected chi connectivity index (χ1v) is 7.70. The molecule has 1 unspecified atom stereocenters. The lowest BCUT2D eigenvalue weighted by molar-refractivity contribution is -0.140. The first-order valence-electron chi connectivity index (χ1n) is 7.70. The fourth-order valence-electron chi connectivity index (χ4n) is 3.69. The van der Waals surface area contributed by atoms with E-state index in [1.807, 2.05) is 25.1 Å². The summed E-state index contributed by atoms with van der Waals surface area (Å²) in [5.74, 6) is -0.530. The highest BCUT2D eigenvalue weighted by Crippen LogP contribution is 2.36. The van der Waals surface area contributed by atoms with Crippen LogP contribution in [0.5, 0.6) is 0 Å². The van der Waals surface area contributed by atoms with Crippen LogP contribution in [0.4, 0.5) is 5.69 Å². The highest BCUT2D eigenvalue weighted by molar-refractivity contribution is 6.05. The summed E-state index contributed by atoms with van der Waals surface area (Å²) in [4.78, 5) is 25.6. The van der Waals surface area contributed by atoms with Crippen LogP contribution in [-0.2, 0) is 16.0 Å². The fraction of sp³-hybridized carbons (Fsp3) is 0.529. The summed E-state index contributed by atoms with van der Waals surface area (Å²) in [7, 11) is 0. The van der Waals surface area contributed by atoms with Crippen molar-refractivity contribution in [2.24, 2.45) is 5.92 Å². The van der Waals surface area contributed by atoms with Gasteiger partial charge in [0.2, 0.25) is 5.91 Å². The Kier molecular flexibility index (Phi) is 3.70. The first kappa shape index (κ1) is 14.1. The van der Waals surface area contributed by atoms with Crippen LogP contribution in [0.25, 0.3) is 0 Å². The van der Waals surface area contributed by atoms with E-state index in [2.05, 4.69) is 0 Å². The topological polar surface area (TPSA) is 57.6 Å². The van der Waals surface area contributed by atoms with Gasteiger partial charge in [-0.1, -0.05) is 43.4 Å². The molecule has 4 nitrogen and oxygen atoms in total. The predicted molar refractivity (Wildman–Crippen MR) is 80.4 cm³/mol. The van der Waals surface area contributed by atoms with E-state index < -0.39 is 12.0 Å². The number of aliphatic carboxylic acids is 1. The second-order valence-electron chi connectivity index (χ2n) is 6.31. The number of amides is 1. The average Bonchev–Trinajstić information content (AvgIpc) is 3.02. The predicted octanol–water partition coefficient (Wildman–Crippen LogP) is 2.92. The molecule has 1 aliphatic heterocycles. The van der Waals surface area contributed by atoms with Gasteiger partial charge in [-0.15, -0.1) is 0 Å². The molecule has 1 amide bonds. The minimum atomic E-state index is -0.885. The van der Waals surface area contributed by atoms with Crippen LogP contribution in [0.3, 0.4) is 0 Å². The van der Waals surface area contributed by atoms with Gasteiger partial charge < -0.3 is 5.11 Å². The SMILES string of the molecule is Cc1ccc2c(c1)CC(=O)N2C(CC1CCCC1)C(=O)O. The fourth-order valence-corrected chi connectivity index (χ4v) is 3.69. The zero-order chi connectivity index (χ0) is 15.0. The maximum Gasteiger partial charge on any atom is 0.326 e. The smallest absolute Gasteiger partial charge is 0.326 e. The van der Waals surface area contributed by atoms with Crippen LogP contribution < -0.4 is 4.90 Å². The number of hydrogen-bond donors (Lipinski definition) is 1. The number of carbonyl (C=O) groups excluding carboxylic acids is 1. The zero-order valence-electron chi connectivity index (χ0n) is 12.3. The molecule has 21 heavy (non-hydrogen) atoms. The molecule has 1 aliphatic carbocycles. The second-order valence-corrected chi connectivity index (χ2v) is 6.31. The maximum absolute atomic E-state index is 12.3. The normalized spacial score (nSPS) is 19.9. The Morgan fingerprint density at radius 3 is 2.76 bits per heavy atom. The van der Waals surface area contributed by atoms with Crippen molar-refractivity contribution in [1.29, 1.82) is 0 Å². The molecular formula is C17H21NO3. The van der Waals surface area contributed by atoms with Gasteiger partial charge in [0.25, 0.3) is 0 Å². The quantitative estimate of drug-likeness (QED) is 0.926. The number of carbonyl (C=O) groups is 2. The number of carboxylic acids is 1. The molecule has 0 aromatic heterocycles. The molecule has 1 atom stereocenters. The summed E-state index contributed by atoms with van der Waals surface area (Å²) in [5.41, 5.74) is 2.85. The minimum Gasteiger partial charge on any atom is -0.480 e. The van der Waals surface area contributed by atoms with E-state index in [9.17, 15) is 14.7 Å². The van der Waals surface area contributed by atoms with Crippen molar-refractivity contribution in [3.05, 3.63) is 29.3 Å². The lowest BCUT2D eigenvalue weighted by atomic mass is 9.97. The number of anilines is 1. The second kappa shape index (κ2) is 5.51. The Hall–Kier alpha value is -1.84. The van der Waals surface area contributed by atoms with Gasteiger partial charge in [-0.05, 0) is 30.9 Å². The van der Waals surface area contributed by atoms with E-state index in [0.29, 0.717) is 18.8 Å². The van der Waals surface area contributed by atoms with E-state index >= 15 is 0 Å². The number of nitrogens with zero attached hydrogens (tertiary/aromatic N) is 1. The molecule has 112 valence electrons. The van der Waals surface area contributed by atoms with Crippen molar-refractivity contribution in [3.8, 4) is 0 Å². The molecular weight excluding hydrogens is 266 g/mol. The summed E-state index contributed by atoms with van der Waals surface area (Å²) >= 11 is 0. The van der Waals surface area contributed by atoms with Crippen LogP contribution in [0.2, 0.25) is 0 Å². The number of rotatable bonds is 4. The monoisotopic (exact) mass is 287 g/mol. The molecule has 0 saturated heterocycles. The van der Waals surface area contributed by atoms with Gasteiger partial charge in [-0.3, -0.25) is 9.69 Å². The Morgan fingerprint density at radius 2 is 2.10 bits per heavy atom. The van der Waals surface area contributed by atoms with E-state index in [0.717, 1.165) is 29.7 Å². The van der Waals surface area contributed by atoms with Crippen molar-refractivity contribution < 1.29 is 14.7 Å². The van der Waals surface area contributed by atoms with Gasteiger partial charge in [-0.2, -0.15) is 0 Å². The number of benzene rings is 1. The molecule has 0 radical (unpaired) electrons. The molecule has 1 aromatic rings. The molecule has 1 fully saturated rings. The number of carboxylic acid groups (broad SMARTS) is 1. The van der Waals surface area contributed by atoms with E-state index in [-0.39, 0.29) is 5.91 Å². The number of aryl methyl sites for hydroxylation is 1. The highest BCUT2D eigenvalue weighted by Gasteiger charge is 2.38. The molecule has 0 spiro atoms. The van der Waals surface area contributed by atoms with Gasteiger partial charge in [0, 0.05) is 5.69 Å². The van der Waals surface area contributed by atoms with E-state index in [4.69, 9.17) is 0 Å². The molecule has 1 aromatic carbocycles. The average molecular weight is 287 g/mol. The van der Waals surface area contributed by atoms with Crippen molar-refractivity contribution in [3.63, 3.8) is 0 Å². The third-order valence-corrected chi connectivity index (χ3v) is 4.73. The summed E-state index contributed by atoms with van der Waals surface area (Å²) < 4.78 is 0. The Balaban J connectivity index is 1.89. The highest BCUT2D eigenvalue weighted by atomic mass is 16.4. The largest absolute Gasteiger partial charge is 0.480 e. The summed E-state index contributed by atoms with van der Waals surface area (Å²) in [5, 5.41) is 9.60. The molecule has 1 heterocycles. The summed E-state index contributed by atoms with van der Waals surface area (Å²) in [6.45, 7) is 1.99. The molecule has 0 bridgehead atoms. The number of hydrogen-bond acceptors (Lipinski definition) is 2. The Bertz CT molecular complexity index is 575. The first-order chi connectivity index (χ1) is 10.1. The maximum atomic E-state index is 12.3. The van der Waals surface area contributed by atoms with Crippen molar-refractivity contribution in [2.75, 3.05) is 4.90 Å². The van der Waals surface area contributed by atoms with Crippen LogP contribution in [0, 0.1) is 12.8 Å². The zero-order valence-corrected chi connectivity index (χ0v) is 12.3. The molecule has 3 rings (SSSR count). The third-order valence-electron chi connectivity index (χ3n) is 4.73. The third kappa shape index (κ3) is 2.67. The van der Waals surface area contributed by atoms with Crippen LogP contribution in [0.1, 0.15) is 43.2 Å². The van der Waals surface area contributed by atoms with Gasteiger partial charge in [-0.25, -0.2) is 4.79 Å². The Labute approximate surface area is 124 Å². The minimum absolute atomic E-state index is 0.0824. The van der Waals surface area contributed by atoms with Crippen molar-refractivity contribution in [2.45, 2.75) is 51.5 Å². The van der Waals surface area contributed by atoms with Gasteiger partial charge in [0.15, 0.2) is 0 Å². The standard InChI is InChI=1S/C17H21NO3/c1-11-6-7-14-13(8-11)10-16(19)18(14)15(17(20)21)9-12-4-2-3-5-12/h6-8,12,15H,2-5,9-10H2,1H3,(H,20,21). The van der Waals surface area contributed by atoms with E-state index in [1.54, 1.807) is 0 Å². The van der Waals surface area contributed by atoms with E-state index in [1.165, 1.54) is 17.7 Å². The molecule has 2 aliphatic rings. The van der Waals surface area contributed by atoms with Crippen LogP contribution in [0.15, 0.2) is 18.2 Å². The summed E-state index contributed by atoms with van der Waals surface area (Å²) in [6, 6.07) is 5.10. The lowest BCUT2D eigenvalue weighted by Gasteiger charge is -2.27. The van der Waals surface area contributed by atoms with Crippen LogP contribution >= 0.6 is 0 Å². The number of fused-ring (bicyclic) bond motifs is 1. The van der Waals surface area contributed by atoms with Crippen LogP contribution in [-0.4, -0.2) is 23.0 Å². The molecule has 1 saturated carbocycles. The van der Waals surface area contributed by atoms with Crippen molar-refractivity contribution in [1.82, 2.24) is 0 Å². The summed E-state index contributed by atoms with van der Waals surface area (Å²) in [6.07, 6.45) is 5.44. The Morgan fingerprint density at radius 1 is 1.38 bits per heavy atom. The lowest BCUT2D eigenvalue weighted by Crippen LogP contribution is -2.44. The van der Waals surface area contributed by atoms with Gasteiger partial charge in [0.1, 0.15) is 6.04 Å².